The lowest BCUT2D eigenvalue weighted by Gasteiger charge is -2.56. The molecule has 4 aliphatic rings. The van der Waals surface area contributed by atoms with Crippen molar-refractivity contribution in [3.05, 3.63) is 23.8 Å². The van der Waals surface area contributed by atoms with Crippen LogP contribution in [-0.2, 0) is 9.59 Å². The summed E-state index contributed by atoms with van der Waals surface area (Å²) in [7, 11) is 0. The molecule has 4 rings (SSSR count). The van der Waals surface area contributed by atoms with E-state index in [1.807, 2.05) is 0 Å². The highest BCUT2D eigenvalue weighted by Crippen LogP contribution is 2.62. The monoisotopic (exact) mass is 300 g/mol. The number of aliphatic hydroxyl groups excluding tert-OH is 1. The Kier molecular flexibility index (Phi) is 2.88. The number of rotatable bonds is 0. The maximum Gasteiger partial charge on any atom is 0.156 e. The number of fused-ring (bicyclic) bond motifs is 5. The first kappa shape index (κ1) is 14.4. The van der Waals surface area contributed by atoms with E-state index in [0.29, 0.717) is 31.0 Å². The van der Waals surface area contributed by atoms with Gasteiger partial charge in [0.1, 0.15) is 5.78 Å². The van der Waals surface area contributed by atoms with Gasteiger partial charge in [-0.1, -0.05) is 26.0 Å². The van der Waals surface area contributed by atoms with E-state index in [9.17, 15) is 14.7 Å². The van der Waals surface area contributed by atoms with Crippen molar-refractivity contribution in [1.29, 1.82) is 0 Å². The van der Waals surface area contributed by atoms with E-state index in [0.717, 1.165) is 18.4 Å². The van der Waals surface area contributed by atoms with E-state index in [1.54, 1.807) is 6.08 Å². The van der Waals surface area contributed by atoms with E-state index in [-0.39, 0.29) is 28.4 Å². The fourth-order valence-electron chi connectivity index (χ4n) is 5.90. The van der Waals surface area contributed by atoms with Crippen LogP contribution in [0.2, 0.25) is 0 Å². The summed E-state index contributed by atoms with van der Waals surface area (Å²) in [6.07, 6.45) is 9.17. The van der Waals surface area contributed by atoms with Crippen LogP contribution >= 0.6 is 0 Å². The molecule has 2 fully saturated rings. The minimum absolute atomic E-state index is 0.125. The van der Waals surface area contributed by atoms with Crippen molar-refractivity contribution in [3.63, 3.8) is 0 Å². The third-order valence-electron chi connectivity index (χ3n) is 7.17. The lowest BCUT2D eigenvalue weighted by Crippen LogP contribution is -2.55. The Morgan fingerprint density at radius 2 is 1.95 bits per heavy atom. The molecule has 0 bridgehead atoms. The Bertz CT molecular complexity index is 616. The standard InChI is InChI=1S/C19H24O3/c1-18-8-7-12(20)9-11(18)3-4-13-14-5-6-16(22)19(14,2)10-15(21)17(13)18/h3-4,9,13-15,17,21H,5-8,10H2,1-2H3/t13-,14-,15+,17+,18-,19-/m0/s1. The van der Waals surface area contributed by atoms with Crippen LogP contribution in [0.5, 0.6) is 0 Å². The quantitative estimate of drug-likeness (QED) is 0.748. The van der Waals surface area contributed by atoms with Gasteiger partial charge in [0.15, 0.2) is 5.78 Å². The van der Waals surface area contributed by atoms with Crippen LogP contribution < -0.4 is 0 Å². The fraction of sp³-hybridized carbons (Fsp3) is 0.684. The second-order valence-electron chi connectivity index (χ2n) is 8.20. The van der Waals surface area contributed by atoms with Crippen molar-refractivity contribution in [2.24, 2.45) is 28.6 Å². The summed E-state index contributed by atoms with van der Waals surface area (Å²) in [6, 6.07) is 0. The Morgan fingerprint density at radius 3 is 2.73 bits per heavy atom. The molecule has 1 N–H and O–H groups in total. The Labute approximate surface area is 131 Å². The molecular weight excluding hydrogens is 276 g/mol. The van der Waals surface area contributed by atoms with Crippen molar-refractivity contribution in [3.8, 4) is 0 Å². The van der Waals surface area contributed by atoms with Crippen LogP contribution in [0.25, 0.3) is 0 Å². The highest BCUT2D eigenvalue weighted by atomic mass is 16.3. The molecule has 2 saturated carbocycles. The molecule has 3 nitrogen and oxygen atoms in total. The van der Waals surface area contributed by atoms with Gasteiger partial charge in [-0.15, -0.1) is 0 Å². The molecular formula is C19H24O3. The van der Waals surface area contributed by atoms with Crippen LogP contribution in [0.3, 0.4) is 0 Å². The average molecular weight is 300 g/mol. The van der Waals surface area contributed by atoms with E-state index < -0.39 is 6.10 Å². The Balaban J connectivity index is 1.81. The molecule has 22 heavy (non-hydrogen) atoms. The Hall–Kier alpha value is -1.22. The van der Waals surface area contributed by atoms with Gasteiger partial charge in [-0.05, 0) is 48.2 Å². The SMILES string of the molecule is C[C@]12CCC(=O)C=C1C=C[C@@H]1[C@@H]2[C@H](O)C[C@]2(C)C(=O)CC[C@@H]12. The molecule has 0 unspecified atom stereocenters. The van der Waals surface area contributed by atoms with Gasteiger partial charge in [-0.25, -0.2) is 0 Å². The van der Waals surface area contributed by atoms with Crippen molar-refractivity contribution in [1.82, 2.24) is 0 Å². The van der Waals surface area contributed by atoms with Crippen molar-refractivity contribution in [2.45, 2.75) is 52.1 Å². The van der Waals surface area contributed by atoms with E-state index in [4.69, 9.17) is 0 Å². The lowest BCUT2D eigenvalue weighted by molar-refractivity contribution is -0.139. The highest BCUT2D eigenvalue weighted by Gasteiger charge is 2.61. The molecule has 0 aliphatic heterocycles. The summed E-state index contributed by atoms with van der Waals surface area (Å²) in [5.41, 5.74) is 0.601. The number of carbonyl (C=O) groups is 2. The summed E-state index contributed by atoms with van der Waals surface area (Å²) in [5, 5.41) is 10.9. The molecule has 0 radical (unpaired) electrons. The largest absolute Gasteiger partial charge is 0.393 e. The smallest absolute Gasteiger partial charge is 0.156 e. The highest BCUT2D eigenvalue weighted by molar-refractivity contribution is 5.92. The first-order valence-electron chi connectivity index (χ1n) is 8.51. The molecule has 0 aromatic carbocycles. The summed E-state index contributed by atoms with van der Waals surface area (Å²) in [6.45, 7) is 4.26. The maximum atomic E-state index is 12.4. The zero-order valence-corrected chi connectivity index (χ0v) is 13.3. The average Bonchev–Trinajstić information content (AvgIpc) is 2.75. The van der Waals surface area contributed by atoms with Crippen LogP contribution in [0.4, 0.5) is 0 Å². The van der Waals surface area contributed by atoms with E-state index >= 15 is 0 Å². The number of hydrogen-bond donors (Lipinski definition) is 1. The third-order valence-corrected chi connectivity index (χ3v) is 7.17. The molecule has 0 saturated heterocycles. The second-order valence-corrected chi connectivity index (χ2v) is 8.20. The molecule has 6 atom stereocenters. The minimum atomic E-state index is -0.458. The molecule has 0 amide bonds. The molecule has 0 aromatic rings. The Morgan fingerprint density at radius 1 is 1.18 bits per heavy atom. The van der Waals surface area contributed by atoms with Gasteiger partial charge in [0.2, 0.25) is 0 Å². The molecule has 0 heterocycles. The van der Waals surface area contributed by atoms with Gasteiger partial charge in [0.25, 0.3) is 0 Å². The molecule has 118 valence electrons. The normalized spacial score (nSPS) is 50.2. The van der Waals surface area contributed by atoms with Gasteiger partial charge in [-0.2, -0.15) is 0 Å². The van der Waals surface area contributed by atoms with Gasteiger partial charge in [-0.3, -0.25) is 9.59 Å². The topological polar surface area (TPSA) is 54.4 Å². The first-order chi connectivity index (χ1) is 10.4. The van der Waals surface area contributed by atoms with Gasteiger partial charge in [0, 0.05) is 24.2 Å². The number of ketones is 2. The number of carbonyl (C=O) groups excluding carboxylic acids is 2. The third kappa shape index (κ3) is 1.66. The van der Waals surface area contributed by atoms with Crippen molar-refractivity contribution >= 4 is 11.6 Å². The summed E-state index contributed by atoms with van der Waals surface area (Å²) < 4.78 is 0. The number of aliphatic hydroxyl groups is 1. The van der Waals surface area contributed by atoms with Crippen LogP contribution in [-0.4, -0.2) is 22.8 Å². The predicted octanol–water partition coefficient (Wildman–Crippen LogP) is 2.83. The fourth-order valence-corrected chi connectivity index (χ4v) is 5.90. The summed E-state index contributed by atoms with van der Waals surface area (Å²) in [4.78, 5) is 24.1. The lowest BCUT2D eigenvalue weighted by atomic mass is 9.48. The summed E-state index contributed by atoms with van der Waals surface area (Å²) in [5.74, 6) is 1.27. The van der Waals surface area contributed by atoms with Crippen LogP contribution in [0, 0.1) is 28.6 Å². The first-order valence-corrected chi connectivity index (χ1v) is 8.51. The number of Topliss-reactive ketones (excluding diaryl/α,β-unsaturated/α-hetero) is 1. The van der Waals surface area contributed by atoms with Crippen molar-refractivity contribution < 1.29 is 14.7 Å². The molecule has 4 aliphatic carbocycles. The van der Waals surface area contributed by atoms with E-state index in [1.165, 1.54) is 0 Å². The predicted molar refractivity (Wildman–Crippen MR) is 83.0 cm³/mol. The molecule has 3 heteroatoms. The van der Waals surface area contributed by atoms with Crippen molar-refractivity contribution in [2.75, 3.05) is 0 Å². The van der Waals surface area contributed by atoms with Crippen LogP contribution in [0.1, 0.15) is 46.0 Å². The second kappa shape index (κ2) is 4.41. The van der Waals surface area contributed by atoms with Gasteiger partial charge in [0.05, 0.1) is 6.10 Å². The number of hydrogen-bond acceptors (Lipinski definition) is 3. The van der Waals surface area contributed by atoms with Gasteiger partial charge >= 0.3 is 0 Å². The van der Waals surface area contributed by atoms with Gasteiger partial charge < -0.3 is 5.11 Å². The zero-order valence-electron chi connectivity index (χ0n) is 13.3. The molecule has 0 aromatic heterocycles. The van der Waals surface area contributed by atoms with Crippen LogP contribution in [0.15, 0.2) is 23.8 Å². The maximum absolute atomic E-state index is 12.4. The number of allylic oxidation sites excluding steroid dienone is 4. The molecule has 0 spiro atoms. The van der Waals surface area contributed by atoms with E-state index in [2.05, 4.69) is 26.0 Å². The summed E-state index contributed by atoms with van der Waals surface area (Å²) >= 11 is 0. The minimum Gasteiger partial charge on any atom is -0.393 e. The zero-order chi connectivity index (χ0) is 15.7.